The first-order chi connectivity index (χ1) is 16.4. The van der Waals surface area contributed by atoms with Gasteiger partial charge in [0.25, 0.3) is 5.91 Å². The molecule has 10 heteroatoms. The number of amides is 1. The maximum atomic E-state index is 13.5. The summed E-state index contributed by atoms with van der Waals surface area (Å²) in [7, 11) is -1.13. The molecule has 1 N–H and O–H groups in total. The van der Waals surface area contributed by atoms with E-state index in [-0.39, 0.29) is 17.2 Å². The highest BCUT2D eigenvalue weighted by Crippen LogP contribution is 2.30. The molecule has 1 amide bonds. The second kappa shape index (κ2) is 11.9. The van der Waals surface area contributed by atoms with Crippen LogP contribution in [-0.4, -0.2) is 57.1 Å². The molecule has 0 aliphatic carbocycles. The molecule has 2 aromatic carbocycles. The number of nitrogens with zero attached hydrogens (tertiary/aromatic N) is 3. The second-order valence-electron chi connectivity index (χ2n) is 7.16. The summed E-state index contributed by atoms with van der Waals surface area (Å²) < 4.78 is 38.5. The number of pyridine rings is 1. The fourth-order valence-corrected chi connectivity index (χ4v) is 4.55. The number of ether oxygens (including phenoxy) is 2. The van der Waals surface area contributed by atoms with Crippen molar-refractivity contribution in [1.82, 2.24) is 14.7 Å². The minimum atomic E-state index is -4.02. The van der Waals surface area contributed by atoms with Crippen LogP contribution < -0.4 is 14.9 Å². The van der Waals surface area contributed by atoms with Gasteiger partial charge in [0.1, 0.15) is 0 Å². The highest BCUT2D eigenvalue weighted by molar-refractivity contribution is 7.89. The number of carbonyl (C=O) groups is 1. The largest absolute Gasteiger partial charge is 0.493 e. The van der Waals surface area contributed by atoms with Crippen molar-refractivity contribution < 1.29 is 22.7 Å². The Bertz CT molecular complexity index is 1220. The first-order valence-electron chi connectivity index (χ1n) is 10.4. The smallest absolute Gasteiger partial charge is 0.255 e. The van der Waals surface area contributed by atoms with Crippen molar-refractivity contribution in [3.63, 3.8) is 0 Å². The number of benzene rings is 2. The topological polar surface area (TPSA) is 110 Å². The summed E-state index contributed by atoms with van der Waals surface area (Å²) >= 11 is 0. The molecule has 9 nitrogen and oxygen atoms in total. The molecule has 0 aliphatic rings. The number of sulfonamides is 1. The summed E-state index contributed by atoms with van der Waals surface area (Å²) in [6.07, 6.45) is 5.09. The normalized spacial score (nSPS) is 11.5. The van der Waals surface area contributed by atoms with Crippen molar-refractivity contribution in [2.45, 2.75) is 11.3 Å². The van der Waals surface area contributed by atoms with E-state index in [9.17, 15) is 13.2 Å². The van der Waals surface area contributed by atoms with Crippen molar-refractivity contribution >= 4 is 22.1 Å². The van der Waals surface area contributed by atoms with Crippen LogP contribution in [-0.2, 0) is 21.2 Å². The molecule has 0 radical (unpaired) electrons. The van der Waals surface area contributed by atoms with Crippen molar-refractivity contribution in [3.05, 3.63) is 84.2 Å². The summed E-state index contributed by atoms with van der Waals surface area (Å²) in [5.74, 6) is 0.112. The Balaban J connectivity index is 1.80. The van der Waals surface area contributed by atoms with Crippen LogP contribution in [0.5, 0.6) is 11.5 Å². The number of nitrogens with one attached hydrogen (secondary N) is 1. The predicted molar refractivity (Wildman–Crippen MR) is 128 cm³/mol. The molecule has 3 aromatic rings. The SMILES string of the molecule is COc1ccc(S(=O)(=O)N(CCc2ccccc2)CC(=O)N/N=C\c2ccncc2)cc1OC. The van der Waals surface area contributed by atoms with Crippen LogP contribution in [0.4, 0.5) is 0 Å². The van der Waals surface area contributed by atoms with Crippen LogP contribution in [0.3, 0.4) is 0 Å². The number of aromatic nitrogens is 1. The molecule has 3 rings (SSSR count). The van der Waals surface area contributed by atoms with E-state index < -0.39 is 22.5 Å². The van der Waals surface area contributed by atoms with E-state index in [0.717, 1.165) is 15.4 Å². The molecular formula is C24H26N4O5S. The van der Waals surface area contributed by atoms with Gasteiger partial charge in [-0.05, 0) is 41.8 Å². The number of methoxy groups -OCH3 is 2. The number of hydrazone groups is 1. The fraction of sp³-hybridized carbons (Fsp3) is 0.208. The van der Waals surface area contributed by atoms with Gasteiger partial charge in [0.2, 0.25) is 10.0 Å². The van der Waals surface area contributed by atoms with Gasteiger partial charge >= 0.3 is 0 Å². The molecule has 0 spiro atoms. The maximum absolute atomic E-state index is 13.5. The summed E-state index contributed by atoms with van der Waals surface area (Å²) in [4.78, 5) is 16.5. The third-order valence-corrected chi connectivity index (χ3v) is 6.76. The lowest BCUT2D eigenvalue weighted by Gasteiger charge is -2.22. The van der Waals surface area contributed by atoms with Crippen LogP contribution >= 0.6 is 0 Å². The summed E-state index contributed by atoms with van der Waals surface area (Å²) in [5.41, 5.74) is 4.08. The minimum absolute atomic E-state index is 0.00806. The van der Waals surface area contributed by atoms with Gasteiger partial charge in [0, 0.05) is 25.0 Å². The van der Waals surface area contributed by atoms with E-state index in [2.05, 4.69) is 15.5 Å². The van der Waals surface area contributed by atoms with Gasteiger partial charge in [0.15, 0.2) is 11.5 Å². The van der Waals surface area contributed by atoms with Gasteiger partial charge in [-0.15, -0.1) is 0 Å². The predicted octanol–water partition coefficient (Wildman–Crippen LogP) is 2.48. The van der Waals surface area contributed by atoms with Gasteiger partial charge in [-0.3, -0.25) is 9.78 Å². The van der Waals surface area contributed by atoms with E-state index in [1.54, 1.807) is 24.5 Å². The highest BCUT2D eigenvalue weighted by Gasteiger charge is 2.27. The lowest BCUT2D eigenvalue weighted by Crippen LogP contribution is -2.40. The Morgan fingerprint density at radius 2 is 1.74 bits per heavy atom. The Labute approximate surface area is 199 Å². The number of rotatable bonds is 11. The number of hydrogen-bond donors (Lipinski definition) is 1. The van der Waals surface area contributed by atoms with Crippen LogP contribution in [0.15, 0.2) is 83.1 Å². The van der Waals surface area contributed by atoms with Gasteiger partial charge in [0.05, 0.1) is 31.9 Å². The Morgan fingerprint density at radius 3 is 2.41 bits per heavy atom. The van der Waals surface area contributed by atoms with Crippen molar-refractivity contribution in [2.75, 3.05) is 27.3 Å². The summed E-state index contributed by atoms with van der Waals surface area (Å²) in [6.45, 7) is -0.306. The van der Waals surface area contributed by atoms with E-state index in [0.29, 0.717) is 12.2 Å². The Hall–Kier alpha value is -3.76. The highest BCUT2D eigenvalue weighted by atomic mass is 32.2. The zero-order chi connectivity index (χ0) is 24.4. The zero-order valence-electron chi connectivity index (χ0n) is 18.9. The molecule has 0 aliphatic heterocycles. The molecule has 1 heterocycles. The van der Waals surface area contributed by atoms with Gasteiger partial charge in [-0.1, -0.05) is 30.3 Å². The molecule has 0 bridgehead atoms. The quantitative estimate of drug-likeness (QED) is 0.332. The monoisotopic (exact) mass is 482 g/mol. The lowest BCUT2D eigenvalue weighted by molar-refractivity contribution is -0.121. The first kappa shape index (κ1) is 24.9. The average Bonchev–Trinajstić information content (AvgIpc) is 2.87. The summed E-state index contributed by atoms with van der Waals surface area (Å²) in [6, 6.07) is 17.2. The van der Waals surface area contributed by atoms with Gasteiger partial charge < -0.3 is 9.47 Å². The third kappa shape index (κ3) is 6.63. The van der Waals surface area contributed by atoms with Gasteiger partial charge in [-0.2, -0.15) is 9.41 Å². The van der Waals surface area contributed by atoms with Crippen LogP contribution in [0.25, 0.3) is 0 Å². The maximum Gasteiger partial charge on any atom is 0.255 e. The number of hydrogen-bond acceptors (Lipinski definition) is 7. The van der Waals surface area contributed by atoms with E-state index in [4.69, 9.17) is 9.47 Å². The lowest BCUT2D eigenvalue weighted by atomic mass is 10.1. The first-order valence-corrected chi connectivity index (χ1v) is 11.9. The van der Waals surface area contributed by atoms with Crippen LogP contribution in [0, 0.1) is 0 Å². The van der Waals surface area contributed by atoms with E-state index in [1.165, 1.54) is 38.6 Å². The number of carbonyl (C=O) groups excluding carboxylic acids is 1. The molecule has 1 aromatic heterocycles. The standard InChI is InChI=1S/C24H26N4O5S/c1-32-22-9-8-21(16-23(22)33-2)34(30,31)28(15-12-19-6-4-3-5-7-19)18-24(29)27-26-17-20-10-13-25-14-11-20/h3-11,13-14,16-17H,12,15,18H2,1-2H3,(H,27,29)/b26-17-. The molecule has 0 unspecified atom stereocenters. The fourth-order valence-electron chi connectivity index (χ4n) is 3.13. The Kier molecular flexibility index (Phi) is 8.72. The molecule has 178 valence electrons. The molecule has 0 saturated heterocycles. The minimum Gasteiger partial charge on any atom is -0.493 e. The van der Waals surface area contributed by atoms with Crippen molar-refractivity contribution in [3.8, 4) is 11.5 Å². The summed E-state index contributed by atoms with van der Waals surface area (Å²) in [5, 5.41) is 3.91. The molecule has 0 atom stereocenters. The molecule has 34 heavy (non-hydrogen) atoms. The van der Waals surface area contributed by atoms with Crippen molar-refractivity contribution in [1.29, 1.82) is 0 Å². The van der Waals surface area contributed by atoms with E-state index >= 15 is 0 Å². The van der Waals surface area contributed by atoms with Crippen LogP contribution in [0.1, 0.15) is 11.1 Å². The van der Waals surface area contributed by atoms with Gasteiger partial charge in [-0.25, -0.2) is 13.8 Å². The zero-order valence-corrected chi connectivity index (χ0v) is 19.7. The van der Waals surface area contributed by atoms with E-state index in [1.807, 2.05) is 30.3 Å². The second-order valence-corrected chi connectivity index (χ2v) is 9.10. The molecular weight excluding hydrogens is 456 g/mol. The molecule has 0 fully saturated rings. The van der Waals surface area contributed by atoms with Crippen LogP contribution in [0.2, 0.25) is 0 Å². The van der Waals surface area contributed by atoms with Crippen molar-refractivity contribution in [2.24, 2.45) is 5.10 Å². The third-order valence-electron chi connectivity index (χ3n) is 4.91. The Morgan fingerprint density at radius 1 is 1.03 bits per heavy atom. The molecule has 0 saturated carbocycles. The average molecular weight is 483 g/mol.